The summed E-state index contributed by atoms with van der Waals surface area (Å²) < 4.78 is 2.42. The summed E-state index contributed by atoms with van der Waals surface area (Å²) in [6.07, 6.45) is 5.38. The summed E-state index contributed by atoms with van der Waals surface area (Å²) in [5, 5.41) is 0.429. The molecule has 8 heteroatoms. The van der Waals surface area contributed by atoms with Crippen LogP contribution < -0.4 is 4.90 Å². The Morgan fingerprint density at radius 3 is 2.87 bits per heavy atom. The summed E-state index contributed by atoms with van der Waals surface area (Å²) in [4.78, 5) is 33.5. The van der Waals surface area contributed by atoms with E-state index in [1.165, 1.54) is 17.2 Å². The van der Waals surface area contributed by atoms with E-state index in [-0.39, 0.29) is 11.6 Å². The van der Waals surface area contributed by atoms with Crippen LogP contribution in [0.25, 0.3) is 5.65 Å². The van der Waals surface area contributed by atoms with Crippen LogP contribution in [0, 0.1) is 0 Å². The van der Waals surface area contributed by atoms with Gasteiger partial charge < -0.3 is 4.90 Å². The summed E-state index contributed by atoms with van der Waals surface area (Å²) in [5.74, 6) is -0.349. The zero-order valence-corrected chi connectivity index (χ0v) is 14.2. The molecule has 0 saturated heterocycles. The van der Waals surface area contributed by atoms with Crippen LogP contribution in [-0.4, -0.2) is 33.6 Å². The lowest BCUT2D eigenvalue weighted by atomic mass is 10.1. The summed E-state index contributed by atoms with van der Waals surface area (Å²) in [6, 6.07) is 4.75. The molecule has 0 bridgehead atoms. The summed E-state index contributed by atoms with van der Waals surface area (Å²) in [6.45, 7) is 0. The topological polar surface area (TPSA) is 67.6 Å². The number of halogens is 2. The Hall–Kier alpha value is -2.25. The molecular weight excluding hydrogens is 384 g/mol. The lowest BCUT2D eigenvalue weighted by molar-refractivity contribution is 0.0987. The van der Waals surface area contributed by atoms with E-state index in [9.17, 15) is 9.59 Å². The molecule has 2 aromatic heterocycles. The van der Waals surface area contributed by atoms with Gasteiger partial charge in [0.1, 0.15) is 10.3 Å². The summed E-state index contributed by atoms with van der Waals surface area (Å²) in [7, 11) is 1.58. The van der Waals surface area contributed by atoms with Crippen LogP contribution in [0.3, 0.4) is 0 Å². The molecule has 23 heavy (non-hydrogen) atoms. The molecule has 0 atom stereocenters. The molecule has 0 radical (unpaired) electrons. The number of imidazole rings is 1. The van der Waals surface area contributed by atoms with Gasteiger partial charge in [0.2, 0.25) is 0 Å². The number of hydrogen-bond donors (Lipinski definition) is 0. The van der Waals surface area contributed by atoms with E-state index in [2.05, 4.69) is 25.9 Å². The molecule has 1 aromatic carbocycles. The molecule has 0 N–H and O–H groups in total. The molecule has 3 aromatic rings. The van der Waals surface area contributed by atoms with Gasteiger partial charge in [0.25, 0.3) is 5.91 Å². The van der Waals surface area contributed by atoms with Crippen molar-refractivity contribution in [2.24, 2.45) is 0 Å². The van der Waals surface area contributed by atoms with Gasteiger partial charge >= 0.3 is 0 Å². The Balaban J connectivity index is 2.01. The van der Waals surface area contributed by atoms with E-state index in [0.29, 0.717) is 32.8 Å². The predicted octanol–water partition coefficient (Wildman–Crippen LogP) is 3.23. The van der Waals surface area contributed by atoms with E-state index < -0.39 is 0 Å². The molecule has 0 aliphatic heterocycles. The van der Waals surface area contributed by atoms with Gasteiger partial charge in [-0.05, 0) is 34.1 Å². The quantitative estimate of drug-likeness (QED) is 0.641. The van der Waals surface area contributed by atoms with Crippen molar-refractivity contribution in [2.45, 2.75) is 0 Å². The zero-order chi connectivity index (χ0) is 16.6. The number of carbonyl (C=O) groups is 2. The predicted molar refractivity (Wildman–Crippen MR) is 90.3 cm³/mol. The Kier molecular flexibility index (Phi) is 4.14. The molecule has 0 saturated carbocycles. The standard InChI is InChI=1S/C15H10BrClN4O2/c1-20(12-3-2-10(17)4-9(12)8-22)15(23)11-7-21-13(16)5-19-14(21)6-18-11/h2-8H,1H3. The van der Waals surface area contributed by atoms with Gasteiger partial charge in [-0.1, -0.05) is 11.6 Å². The van der Waals surface area contributed by atoms with Crippen LogP contribution in [0.2, 0.25) is 5.02 Å². The third-order valence-electron chi connectivity index (χ3n) is 3.35. The van der Waals surface area contributed by atoms with Crippen molar-refractivity contribution in [3.63, 3.8) is 0 Å². The van der Waals surface area contributed by atoms with Gasteiger partial charge in [-0.25, -0.2) is 9.97 Å². The minimum absolute atomic E-state index is 0.227. The number of benzene rings is 1. The second-order valence-corrected chi connectivity index (χ2v) is 6.02. The first-order chi connectivity index (χ1) is 11.0. The second-order valence-electron chi connectivity index (χ2n) is 4.77. The fraction of sp³-hybridized carbons (Fsp3) is 0.0667. The van der Waals surface area contributed by atoms with Gasteiger partial charge in [0.15, 0.2) is 11.9 Å². The van der Waals surface area contributed by atoms with Crippen molar-refractivity contribution in [3.05, 3.63) is 57.7 Å². The molecular formula is C15H10BrClN4O2. The maximum Gasteiger partial charge on any atom is 0.278 e. The van der Waals surface area contributed by atoms with Crippen LogP contribution >= 0.6 is 27.5 Å². The molecule has 0 fully saturated rings. The smallest absolute Gasteiger partial charge is 0.278 e. The number of carbonyl (C=O) groups excluding carboxylic acids is 2. The summed E-state index contributed by atoms with van der Waals surface area (Å²) in [5.41, 5.74) is 1.64. The molecule has 0 aliphatic rings. The SMILES string of the molecule is CN(C(=O)c1cn2c(Br)cnc2cn1)c1ccc(Cl)cc1C=O. The zero-order valence-electron chi connectivity index (χ0n) is 11.9. The number of anilines is 1. The van der Waals surface area contributed by atoms with Crippen molar-refractivity contribution in [3.8, 4) is 0 Å². The van der Waals surface area contributed by atoms with Crippen LogP contribution in [0.1, 0.15) is 20.8 Å². The average Bonchev–Trinajstić information content (AvgIpc) is 2.94. The Morgan fingerprint density at radius 2 is 2.13 bits per heavy atom. The lowest BCUT2D eigenvalue weighted by Crippen LogP contribution is -2.28. The molecule has 3 rings (SSSR count). The fourth-order valence-electron chi connectivity index (χ4n) is 2.18. The monoisotopic (exact) mass is 392 g/mol. The Bertz CT molecular complexity index is 925. The van der Waals surface area contributed by atoms with Crippen molar-refractivity contribution in [1.29, 1.82) is 0 Å². The van der Waals surface area contributed by atoms with Crippen molar-refractivity contribution in [1.82, 2.24) is 14.4 Å². The highest BCUT2D eigenvalue weighted by molar-refractivity contribution is 9.10. The second kappa shape index (κ2) is 6.10. The third kappa shape index (κ3) is 2.85. The van der Waals surface area contributed by atoms with Crippen molar-refractivity contribution < 1.29 is 9.59 Å². The summed E-state index contributed by atoms with van der Waals surface area (Å²) >= 11 is 9.23. The van der Waals surface area contributed by atoms with E-state index >= 15 is 0 Å². The van der Waals surface area contributed by atoms with Gasteiger partial charge in [0.05, 0.1) is 18.1 Å². The molecule has 0 spiro atoms. The number of fused-ring (bicyclic) bond motifs is 1. The van der Waals surface area contributed by atoms with E-state index in [1.54, 1.807) is 36.0 Å². The van der Waals surface area contributed by atoms with Crippen LogP contribution in [0.4, 0.5) is 5.69 Å². The minimum atomic E-state index is -0.349. The average molecular weight is 394 g/mol. The Morgan fingerprint density at radius 1 is 1.35 bits per heavy atom. The number of rotatable bonds is 3. The molecule has 6 nitrogen and oxygen atoms in total. The highest BCUT2D eigenvalue weighted by atomic mass is 79.9. The van der Waals surface area contributed by atoms with E-state index in [0.717, 1.165) is 0 Å². The highest BCUT2D eigenvalue weighted by Crippen LogP contribution is 2.23. The number of hydrogen-bond acceptors (Lipinski definition) is 4. The van der Waals surface area contributed by atoms with Gasteiger partial charge in [0, 0.05) is 23.8 Å². The molecule has 2 heterocycles. The van der Waals surface area contributed by atoms with Crippen molar-refractivity contribution in [2.75, 3.05) is 11.9 Å². The molecule has 116 valence electrons. The van der Waals surface area contributed by atoms with Crippen LogP contribution in [0.5, 0.6) is 0 Å². The van der Waals surface area contributed by atoms with E-state index in [1.807, 2.05) is 0 Å². The maximum absolute atomic E-state index is 12.6. The molecule has 0 aliphatic carbocycles. The third-order valence-corrected chi connectivity index (χ3v) is 4.17. The Labute approximate surface area is 144 Å². The van der Waals surface area contributed by atoms with Crippen LogP contribution in [0.15, 0.2) is 41.4 Å². The maximum atomic E-state index is 12.6. The largest absolute Gasteiger partial charge is 0.309 e. The van der Waals surface area contributed by atoms with Gasteiger partial charge in [-0.2, -0.15) is 0 Å². The van der Waals surface area contributed by atoms with Crippen molar-refractivity contribution >= 4 is 51.1 Å². The molecule has 0 unspecified atom stereocenters. The van der Waals surface area contributed by atoms with Crippen LogP contribution in [-0.2, 0) is 0 Å². The number of amides is 1. The number of aldehydes is 1. The molecule has 1 amide bonds. The fourth-order valence-corrected chi connectivity index (χ4v) is 2.74. The minimum Gasteiger partial charge on any atom is -0.309 e. The van der Waals surface area contributed by atoms with Gasteiger partial charge in [-0.15, -0.1) is 0 Å². The first kappa shape index (κ1) is 15.6. The van der Waals surface area contributed by atoms with E-state index in [4.69, 9.17) is 11.6 Å². The number of aromatic nitrogens is 3. The number of nitrogens with zero attached hydrogens (tertiary/aromatic N) is 4. The van der Waals surface area contributed by atoms with Gasteiger partial charge in [-0.3, -0.25) is 14.0 Å². The lowest BCUT2D eigenvalue weighted by Gasteiger charge is -2.18. The first-order valence-corrected chi connectivity index (χ1v) is 7.69. The first-order valence-electron chi connectivity index (χ1n) is 6.52. The normalized spacial score (nSPS) is 10.7. The highest BCUT2D eigenvalue weighted by Gasteiger charge is 2.19.